The second-order valence-electron chi connectivity index (χ2n) is 5.29. The Morgan fingerprint density at radius 3 is 2.88 bits per heavy atom. The number of unbranched alkanes of at least 4 members (excludes halogenated alkanes) is 1. The van der Waals surface area contributed by atoms with Crippen molar-refractivity contribution in [3.8, 4) is 6.07 Å². The van der Waals surface area contributed by atoms with Crippen LogP contribution in [-0.4, -0.2) is 25.8 Å². The molecule has 3 heteroatoms. The fourth-order valence-electron chi connectivity index (χ4n) is 1.94. The van der Waals surface area contributed by atoms with E-state index in [1.807, 2.05) is 13.8 Å². The molecule has 0 aliphatic carbocycles. The lowest BCUT2D eigenvalue weighted by atomic mass is 9.89. The number of ether oxygens (including phenoxy) is 1. The first-order valence-electron chi connectivity index (χ1n) is 6.38. The molecular formula is C13H24N2O. The quantitative estimate of drug-likeness (QED) is 0.705. The number of rotatable bonds is 6. The Morgan fingerprint density at radius 2 is 2.25 bits per heavy atom. The van der Waals surface area contributed by atoms with Gasteiger partial charge in [-0.1, -0.05) is 0 Å². The van der Waals surface area contributed by atoms with Gasteiger partial charge in [-0.05, 0) is 52.5 Å². The van der Waals surface area contributed by atoms with Crippen molar-refractivity contribution in [3.63, 3.8) is 0 Å². The summed E-state index contributed by atoms with van der Waals surface area (Å²) in [5, 5.41) is 12.2. The molecule has 1 heterocycles. The number of nitrogens with one attached hydrogen (secondary N) is 1. The minimum Gasteiger partial charge on any atom is -0.377 e. The van der Waals surface area contributed by atoms with Crippen LogP contribution in [0.5, 0.6) is 0 Å². The third-order valence-electron chi connectivity index (χ3n) is 3.10. The summed E-state index contributed by atoms with van der Waals surface area (Å²) in [4.78, 5) is 0. The number of piperidine rings is 1. The number of hydrogen-bond donors (Lipinski definition) is 1. The normalized spacial score (nSPS) is 21.7. The average Bonchev–Trinajstić information content (AvgIpc) is 2.30. The van der Waals surface area contributed by atoms with Gasteiger partial charge >= 0.3 is 0 Å². The van der Waals surface area contributed by atoms with Gasteiger partial charge in [0.15, 0.2) is 0 Å². The molecule has 3 nitrogen and oxygen atoms in total. The van der Waals surface area contributed by atoms with E-state index in [1.54, 1.807) is 0 Å². The summed E-state index contributed by atoms with van der Waals surface area (Å²) < 4.78 is 5.79. The molecule has 1 atom stereocenters. The monoisotopic (exact) mass is 224 g/mol. The van der Waals surface area contributed by atoms with Crippen LogP contribution in [0.25, 0.3) is 0 Å². The van der Waals surface area contributed by atoms with E-state index < -0.39 is 0 Å². The van der Waals surface area contributed by atoms with Gasteiger partial charge < -0.3 is 10.1 Å². The fourth-order valence-corrected chi connectivity index (χ4v) is 1.94. The first-order valence-corrected chi connectivity index (χ1v) is 6.38. The molecule has 0 radical (unpaired) electrons. The first-order chi connectivity index (χ1) is 7.64. The predicted molar refractivity (Wildman–Crippen MR) is 65.1 cm³/mol. The van der Waals surface area contributed by atoms with Gasteiger partial charge in [0, 0.05) is 13.2 Å². The van der Waals surface area contributed by atoms with E-state index in [0.29, 0.717) is 6.10 Å². The van der Waals surface area contributed by atoms with Crippen molar-refractivity contribution in [1.29, 1.82) is 5.26 Å². The summed E-state index contributed by atoms with van der Waals surface area (Å²) in [6.45, 7) is 6.98. The summed E-state index contributed by atoms with van der Waals surface area (Å²) >= 11 is 0. The highest BCUT2D eigenvalue weighted by atomic mass is 16.5. The van der Waals surface area contributed by atoms with Crippen molar-refractivity contribution < 1.29 is 4.74 Å². The highest BCUT2D eigenvalue weighted by Crippen LogP contribution is 2.21. The number of hydrogen-bond acceptors (Lipinski definition) is 3. The number of nitriles is 1. The zero-order chi connectivity index (χ0) is 11.9. The van der Waals surface area contributed by atoms with Gasteiger partial charge in [-0.2, -0.15) is 5.26 Å². The van der Waals surface area contributed by atoms with Crippen LogP contribution in [0.1, 0.15) is 46.0 Å². The van der Waals surface area contributed by atoms with Crippen molar-refractivity contribution in [2.45, 2.75) is 52.1 Å². The Balaban J connectivity index is 1.97. The fraction of sp³-hybridized carbons (Fsp3) is 0.923. The van der Waals surface area contributed by atoms with Gasteiger partial charge in [0.25, 0.3) is 0 Å². The van der Waals surface area contributed by atoms with E-state index in [0.717, 1.165) is 39.0 Å². The molecule has 0 aromatic carbocycles. The van der Waals surface area contributed by atoms with Gasteiger partial charge in [0.2, 0.25) is 0 Å². The molecule has 0 aromatic rings. The van der Waals surface area contributed by atoms with E-state index in [4.69, 9.17) is 10.00 Å². The molecule has 0 saturated carbocycles. The van der Waals surface area contributed by atoms with Crippen molar-refractivity contribution in [2.24, 2.45) is 5.41 Å². The Hall–Kier alpha value is -0.590. The molecule has 1 aliphatic heterocycles. The summed E-state index contributed by atoms with van der Waals surface area (Å²) in [5.41, 5.74) is -0.174. The maximum atomic E-state index is 8.86. The van der Waals surface area contributed by atoms with Crippen LogP contribution in [0.4, 0.5) is 0 Å². The van der Waals surface area contributed by atoms with Crippen LogP contribution in [0.3, 0.4) is 0 Å². The molecule has 1 rings (SSSR count). The van der Waals surface area contributed by atoms with E-state index in [1.165, 1.54) is 12.8 Å². The molecule has 1 N–H and O–H groups in total. The average molecular weight is 224 g/mol. The van der Waals surface area contributed by atoms with Crippen LogP contribution in [-0.2, 0) is 4.74 Å². The lowest BCUT2D eigenvalue weighted by Gasteiger charge is -2.23. The van der Waals surface area contributed by atoms with Crippen LogP contribution in [0.2, 0.25) is 0 Å². The minimum absolute atomic E-state index is 0.174. The standard InChI is InChI=1S/C13H24N2O/c1-13(2,11-14)7-3-4-9-16-12-6-5-8-15-10-12/h12,15H,3-10H2,1-2H3/t12-/m0/s1. The zero-order valence-electron chi connectivity index (χ0n) is 10.6. The molecule has 16 heavy (non-hydrogen) atoms. The molecule has 0 spiro atoms. The molecule has 0 amide bonds. The van der Waals surface area contributed by atoms with E-state index >= 15 is 0 Å². The molecule has 1 saturated heterocycles. The predicted octanol–water partition coefficient (Wildman–Crippen LogP) is 2.48. The first kappa shape index (κ1) is 13.5. The van der Waals surface area contributed by atoms with Gasteiger partial charge in [0.1, 0.15) is 0 Å². The van der Waals surface area contributed by atoms with Crippen molar-refractivity contribution >= 4 is 0 Å². The molecule has 0 aromatic heterocycles. The Kier molecular flexibility index (Phi) is 5.79. The van der Waals surface area contributed by atoms with Gasteiger partial charge in [0.05, 0.1) is 17.6 Å². The van der Waals surface area contributed by atoms with Crippen molar-refractivity contribution in [2.75, 3.05) is 19.7 Å². The number of nitrogens with zero attached hydrogens (tertiary/aromatic N) is 1. The molecule has 1 fully saturated rings. The SMILES string of the molecule is CC(C)(C#N)CCCCO[C@H]1CCCNC1. The van der Waals surface area contributed by atoms with E-state index in [-0.39, 0.29) is 5.41 Å². The third kappa shape index (κ3) is 5.48. The topological polar surface area (TPSA) is 45.0 Å². The summed E-state index contributed by atoms with van der Waals surface area (Å²) in [5.74, 6) is 0. The second-order valence-corrected chi connectivity index (χ2v) is 5.29. The van der Waals surface area contributed by atoms with Crippen LogP contribution < -0.4 is 5.32 Å². The molecule has 1 aliphatic rings. The van der Waals surface area contributed by atoms with Gasteiger partial charge in [-0.3, -0.25) is 0 Å². The minimum atomic E-state index is -0.174. The summed E-state index contributed by atoms with van der Waals surface area (Å²) in [6, 6.07) is 2.33. The Morgan fingerprint density at radius 1 is 1.44 bits per heavy atom. The van der Waals surface area contributed by atoms with E-state index in [9.17, 15) is 0 Å². The second kappa shape index (κ2) is 6.88. The summed E-state index contributed by atoms with van der Waals surface area (Å²) in [6.07, 6.45) is 5.96. The maximum Gasteiger partial charge on any atom is 0.0699 e. The lowest BCUT2D eigenvalue weighted by Crippen LogP contribution is -2.35. The van der Waals surface area contributed by atoms with Gasteiger partial charge in [-0.25, -0.2) is 0 Å². The lowest BCUT2D eigenvalue weighted by molar-refractivity contribution is 0.0342. The molecule has 0 unspecified atom stereocenters. The van der Waals surface area contributed by atoms with E-state index in [2.05, 4.69) is 11.4 Å². The molecule has 92 valence electrons. The Labute approximate surface area is 99.2 Å². The highest BCUT2D eigenvalue weighted by Gasteiger charge is 2.16. The maximum absolute atomic E-state index is 8.86. The van der Waals surface area contributed by atoms with Crippen LogP contribution >= 0.6 is 0 Å². The largest absolute Gasteiger partial charge is 0.377 e. The smallest absolute Gasteiger partial charge is 0.0699 e. The zero-order valence-corrected chi connectivity index (χ0v) is 10.6. The van der Waals surface area contributed by atoms with Crippen LogP contribution in [0.15, 0.2) is 0 Å². The van der Waals surface area contributed by atoms with Crippen molar-refractivity contribution in [1.82, 2.24) is 5.32 Å². The third-order valence-corrected chi connectivity index (χ3v) is 3.10. The Bertz CT molecular complexity index is 227. The highest BCUT2D eigenvalue weighted by molar-refractivity contribution is 4.91. The summed E-state index contributed by atoms with van der Waals surface area (Å²) in [7, 11) is 0. The van der Waals surface area contributed by atoms with Crippen molar-refractivity contribution in [3.05, 3.63) is 0 Å². The van der Waals surface area contributed by atoms with Gasteiger partial charge in [-0.15, -0.1) is 0 Å². The van der Waals surface area contributed by atoms with Crippen LogP contribution in [0, 0.1) is 16.7 Å². The molecule has 0 bridgehead atoms. The molecular weight excluding hydrogens is 200 g/mol.